The topological polar surface area (TPSA) is 49.3 Å². The summed E-state index contributed by atoms with van der Waals surface area (Å²) >= 11 is 5.04. The first-order valence-electron chi connectivity index (χ1n) is 4.34. The first-order chi connectivity index (χ1) is 6.68. The molecule has 14 heavy (non-hydrogen) atoms. The Morgan fingerprint density at radius 3 is 3.00 bits per heavy atom. The van der Waals surface area contributed by atoms with Crippen LogP contribution >= 0.6 is 27.3 Å². The molecule has 78 valence electrons. The van der Waals surface area contributed by atoms with Gasteiger partial charge >= 0.3 is 5.97 Å². The number of halogens is 1. The Balaban J connectivity index is 2.07. The van der Waals surface area contributed by atoms with Gasteiger partial charge in [-0.3, -0.25) is 4.79 Å². The second-order valence-corrected chi connectivity index (χ2v) is 5.22. The number of nitrogens with one attached hydrogen (secondary N) is 1. The molecule has 0 fully saturated rings. The molecule has 1 aromatic rings. The zero-order chi connectivity index (χ0) is 10.4. The second-order valence-electron chi connectivity index (χ2n) is 2.93. The highest BCUT2D eigenvalue weighted by Crippen LogP contribution is 2.20. The fourth-order valence-electron chi connectivity index (χ4n) is 1.04. The predicted molar refractivity (Wildman–Crippen MR) is 60.6 cm³/mol. The van der Waals surface area contributed by atoms with Crippen molar-refractivity contribution >= 4 is 33.2 Å². The van der Waals surface area contributed by atoms with Crippen LogP contribution in [0.25, 0.3) is 0 Å². The van der Waals surface area contributed by atoms with Gasteiger partial charge in [-0.2, -0.15) is 0 Å². The molecule has 0 aliphatic heterocycles. The van der Waals surface area contributed by atoms with Gasteiger partial charge < -0.3 is 10.4 Å². The van der Waals surface area contributed by atoms with Gasteiger partial charge in [0.25, 0.3) is 0 Å². The van der Waals surface area contributed by atoms with E-state index >= 15 is 0 Å². The molecule has 1 heterocycles. The highest BCUT2D eigenvalue weighted by atomic mass is 79.9. The molecule has 0 saturated heterocycles. The third-order valence-corrected chi connectivity index (χ3v) is 3.25. The molecule has 0 aliphatic rings. The lowest BCUT2D eigenvalue weighted by atomic mass is 10.3. The van der Waals surface area contributed by atoms with Crippen LogP contribution < -0.4 is 5.32 Å². The predicted octanol–water partition coefficient (Wildman–Crippen LogP) is 2.47. The molecule has 5 heteroatoms. The minimum atomic E-state index is -0.731. The van der Waals surface area contributed by atoms with Gasteiger partial charge in [-0.05, 0) is 45.9 Å². The van der Waals surface area contributed by atoms with E-state index < -0.39 is 5.97 Å². The van der Waals surface area contributed by atoms with Gasteiger partial charge in [-0.25, -0.2) is 0 Å². The van der Waals surface area contributed by atoms with Crippen molar-refractivity contribution in [2.75, 3.05) is 6.54 Å². The molecule has 0 bridgehead atoms. The molecule has 3 nitrogen and oxygen atoms in total. The Morgan fingerprint density at radius 2 is 2.43 bits per heavy atom. The number of carboxylic acid groups (broad SMARTS) is 1. The van der Waals surface area contributed by atoms with Crippen LogP contribution in [0.5, 0.6) is 0 Å². The van der Waals surface area contributed by atoms with E-state index in [0.717, 1.165) is 16.9 Å². The van der Waals surface area contributed by atoms with Gasteiger partial charge in [-0.15, -0.1) is 11.3 Å². The SMILES string of the molecule is O=C(O)CCCNCc1csc(Br)c1. The Hall–Kier alpha value is -0.390. The molecule has 0 spiro atoms. The monoisotopic (exact) mass is 277 g/mol. The third-order valence-electron chi connectivity index (χ3n) is 1.70. The quantitative estimate of drug-likeness (QED) is 0.786. The summed E-state index contributed by atoms with van der Waals surface area (Å²) in [6.07, 6.45) is 0.918. The molecule has 0 amide bonds. The summed E-state index contributed by atoms with van der Waals surface area (Å²) in [5.74, 6) is -0.731. The zero-order valence-electron chi connectivity index (χ0n) is 7.62. The van der Waals surface area contributed by atoms with Crippen LogP contribution in [0.2, 0.25) is 0 Å². The van der Waals surface area contributed by atoms with E-state index in [0.29, 0.717) is 6.42 Å². The van der Waals surface area contributed by atoms with E-state index in [-0.39, 0.29) is 6.42 Å². The molecular formula is C9H12BrNO2S. The zero-order valence-corrected chi connectivity index (χ0v) is 10.0. The Labute approximate surface area is 95.3 Å². The number of hydrogen-bond donors (Lipinski definition) is 2. The van der Waals surface area contributed by atoms with Crippen molar-refractivity contribution in [3.63, 3.8) is 0 Å². The molecule has 0 saturated carbocycles. The van der Waals surface area contributed by atoms with Crippen molar-refractivity contribution in [2.24, 2.45) is 0 Å². The van der Waals surface area contributed by atoms with Gasteiger partial charge in [0.1, 0.15) is 0 Å². The number of thiophene rings is 1. The smallest absolute Gasteiger partial charge is 0.303 e. The summed E-state index contributed by atoms with van der Waals surface area (Å²) in [6, 6.07) is 2.06. The summed E-state index contributed by atoms with van der Waals surface area (Å²) in [7, 11) is 0. The number of hydrogen-bond acceptors (Lipinski definition) is 3. The summed E-state index contributed by atoms with van der Waals surface area (Å²) in [5.41, 5.74) is 1.23. The highest BCUT2D eigenvalue weighted by Gasteiger charge is 1.98. The summed E-state index contributed by atoms with van der Waals surface area (Å²) in [4.78, 5) is 10.2. The van der Waals surface area contributed by atoms with Gasteiger partial charge in [0.2, 0.25) is 0 Å². The second kappa shape index (κ2) is 6.16. The molecule has 0 aromatic carbocycles. The largest absolute Gasteiger partial charge is 0.481 e. The van der Waals surface area contributed by atoms with Gasteiger partial charge in [0.05, 0.1) is 3.79 Å². The van der Waals surface area contributed by atoms with Crippen LogP contribution in [0.4, 0.5) is 0 Å². The fourth-order valence-corrected chi connectivity index (χ4v) is 2.24. The molecule has 0 atom stereocenters. The lowest BCUT2D eigenvalue weighted by molar-refractivity contribution is -0.137. The van der Waals surface area contributed by atoms with Crippen molar-refractivity contribution in [3.05, 3.63) is 20.8 Å². The number of aliphatic carboxylic acids is 1. The highest BCUT2D eigenvalue weighted by molar-refractivity contribution is 9.11. The van der Waals surface area contributed by atoms with E-state index in [1.54, 1.807) is 11.3 Å². The molecule has 0 aliphatic carbocycles. The maximum absolute atomic E-state index is 10.2. The van der Waals surface area contributed by atoms with Crippen molar-refractivity contribution < 1.29 is 9.90 Å². The summed E-state index contributed by atoms with van der Waals surface area (Å²) < 4.78 is 1.12. The van der Waals surface area contributed by atoms with Crippen LogP contribution in [0.3, 0.4) is 0 Å². The molecule has 1 rings (SSSR count). The van der Waals surface area contributed by atoms with Crippen LogP contribution in [0, 0.1) is 0 Å². The van der Waals surface area contributed by atoms with Gasteiger partial charge in [-0.1, -0.05) is 0 Å². The van der Waals surface area contributed by atoms with E-state index in [1.165, 1.54) is 5.56 Å². The van der Waals surface area contributed by atoms with Crippen LogP contribution in [0.1, 0.15) is 18.4 Å². The molecule has 0 radical (unpaired) electrons. The summed E-state index contributed by atoms with van der Waals surface area (Å²) in [6.45, 7) is 1.56. The number of rotatable bonds is 6. The van der Waals surface area contributed by atoms with Crippen molar-refractivity contribution in [1.29, 1.82) is 0 Å². The first-order valence-corrected chi connectivity index (χ1v) is 6.01. The first kappa shape index (κ1) is 11.7. The van der Waals surface area contributed by atoms with E-state index in [1.807, 2.05) is 0 Å². The lowest BCUT2D eigenvalue weighted by Crippen LogP contribution is -2.15. The molecule has 2 N–H and O–H groups in total. The Morgan fingerprint density at radius 1 is 1.64 bits per heavy atom. The average molecular weight is 278 g/mol. The van der Waals surface area contributed by atoms with Crippen LogP contribution in [-0.2, 0) is 11.3 Å². The molecular weight excluding hydrogens is 266 g/mol. The van der Waals surface area contributed by atoms with Crippen LogP contribution in [-0.4, -0.2) is 17.6 Å². The maximum Gasteiger partial charge on any atom is 0.303 e. The van der Waals surface area contributed by atoms with Crippen molar-refractivity contribution in [2.45, 2.75) is 19.4 Å². The van der Waals surface area contributed by atoms with Crippen molar-refractivity contribution in [1.82, 2.24) is 5.32 Å². The Kier molecular flexibility index (Phi) is 5.14. The van der Waals surface area contributed by atoms with E-state index in [9.17, 15) is 4.79 Å². The average Bonchev–Trinajstić information content (AvgIpc) is 2.50. The molecule has 0 unspecified atom stereocenters. The van der Waals surface area contributed by atoms with Crippen molar-refractivity contribution in [3.8, 4) is 0 Å². The normalized spacial score (nSPS) is 10.4. The van der Waals surface area contributed by atoms with Gasteiger partial charge in [0.15, 0.2) is 0 Å². The Bertz CT molecular complexity index is 301. The minimum absolute atomic E-state index is 0.236. The third kappa shape index (κ3) is 4.74. The maximum atomic E-state index is 10.2. The summed E-state index contributed by atoms with van der Waals surface area (Å²) in [5, 5.41) is 13.7. The number of carbonyl (C=O) groups is 1. The fraction of sp³-hybridized carbons (Fsp3) is 0.444. The van der Waals surface area contributed by atoms with E-state index in [4.69, 9.17) is 5.11 Å². The minimum Gasteiger partial charge on any atom is -0.481 e. The molecule has 1 aromatic heterocycles. The standard InChI is InChI=1S/C9H12BrNO2S/c10-8-4-7(6-14-8)5-11-3-1-2-9(12)13/h4,6,11H,1-3,5H2,(H,12,13). The van der Waals surface area contributed by atoms with E-state index in [2.05, 4.69) is 32.7 Å². The number of carboxylic acids is 1. The van der Waals surface area contributed by atoms with Gasteiger partial charge in [0, 0.05) is 13.0 Å². The lowest BCUT2D eigenvalue weighted by Gasteiger charge is -2.00. The van der Waals surface area contributed by atoms with Crippen LogP contribution in [0.15, 0.2) is 15.2 Å².